The number of carbonyl (C=O) groups is 1. The zero-order valence-corrected chi connectivity index (χ0v) is 11.9. The van der Waals surface area contributed by atoms with E-state index in [0.717, 1.165) is 25.7 Å². The second-order valence-corrected chi connectivity index (χ2v) is 6.31. The number of rotatable bonds is 3. The van der Waals surface area contributed by atoms with Gasteiger partial charge in [-0.25, -0.2) is 0 Å². The Morgan fingerprint density at radius 3 is 2.89 bits per heavy atom. The quantitative estimate of drug-likeness (QED) is 0.891. The standard InChI is InChI=1S/C14H19N3OS/c1-10-2-5-14(9-16,6-3-10)13(18)17-12-11(8-15)4-7-19-12/h4,7,10H,2-3,5-6,9,16H2,1H3,(H,17,18). The molecule has 3 N–H and O–H groups in total. The van der Waals surface area contributed by atoms with E-state index in [0.29, 0.717) is 23.0 Å². The summed E-state index contributed by atoms with van der Waals surface area (Å²) in [5.74, 6) is 0.643. The second kappa shape index (κ2) is 5.72. The molecule has 0 bridgehead atoms. The molecule has 1 saturated carbocycles. The van der Waals surface area contributed by atoms with Crippen LogP contribution in [0.1, 0.15) is 38.2 Å². The van der Waals surface area contributed by atoms with Crippen molar-refractivity contribution in [3.05, 3.63) is 17.0 Å². The van der Waals surface area contributed by atoms with Crippen molar-refractivity contribution >= 4 is 22.2 Å². The van der Waals surface area contributed by atoms with Crippen LogP contribution in [0.3, 0.4) is 0 Å². The first-order valence-corrected chi connectivity index (χ1v) is 7.48. The van der Waals surface area contributed by atoms with Crippen molar-refractivity contribution in [1.82, 2.24) is 0 Å². The average Bonchev–Trinajstić information content (AvgIpc) is 2.87. The van der Waals surface area contributed by atoms with Gasteiger partial charge in [0.1, 0.15) is 11.1 Å². The molecule has 1 aromatic heterocycles. The Morgan fingerprint density at radius 2 is 2.32 bits per heavy atom. The molecule has 1 heterocycles. The van der Waals surface area contributed by atoms with Crippen LogP contribution in [0.5, 0.6) is 0 Å². The summed E-state index contributed by atoms with van der Waals surface area (Å²) in [6.45, 7) is 2.59. The van der Waals surface area contributed by atoms with Crippen LogP contribution in [0.4, 0.5) is 5.00 Å². The highest BCUT2D eigenvalue weighted by atomic mass is 32.1. The van der Waals surface area contributed by atoms with Gasteiger partial charge in [0, 0.05) is 6.54 Å². The fourth-order valence-corrected chi connectivity index (χ4v) is 3.30. The molecule has 0 atom stereocenters. The van der Waals surface area contributed by atoms with Crippen LogP contribution in [-0.4, -0.2) is 12.5 Å². The number of hydrogen-bond acceptors (Lipinski definition) is 4. The van der Waals surface area contributed by atoms with E-state index in [1.54, 1.807) is 6.07 Å². The molecule has 0 aliphatic heterocycles. The van der Waals surface area contributed by atoms with Gasteiger partial charge in [-0.1, -0.05) is 6.92 Å². The van der Waals surface area contributed by atoms with Gasteiger partial charge in [0.25, 0.3) is 0 Å². The van der Waals surface area contributed by atoms with Crippen LogP contribution in [0, 0.1) is 22.7 Å². The molecular formula is C14H19N3OS. The van der Waals surface area contributed by atoms with Crippen LogP contribution in [-0.2, 0) is 4.79 Å². The van der Waals surface area contributed by atoms with Gasteiger partial charge in [0.2, 0.25) is 5.91 Å². The number of thiophene rings is 1. The number of amides is 1. The lowest BCUT2D eigenvalue weighted by molar-refractivity contribution is -0.127. The fraction of sp³-hybridized carbons (Fsp3) is 0.571. The zero-order valence-electron chi connectivity index (χ0n) is 11.1. The number of anilines is 1. The summed E-state index contributed by atoms with van der Waals surface area (Å²) in [7, 11) is 0. The molecule has 4 nitrogen and oxygen atoms in total. The number of nitrogens with zero attached hydrogens (tertiary/aromatic N) is 1. The molecule has 0 aromatic carbocycles. The Morgan fingerprint density at radius 1 is 1.63 bits per heavy atom. The van der Waals surface area contributed by atoms with E-state index in [1.807, 2.05) is 5.38 Å². The van der Waals surface area contributed by atoms with Crippen molar-refractivity contribution in [3.8, 4) is 6.07 Å². The fourth-order valence-electron chi connectivity index (χ4n) is 2.57. The third kappa shape index (κ3) is 2.80. The third-order valence-corrected chi connectivity index (χ3v) is 4.95. The minimum Gasteiger partial charge on any atom is -0.329 e. The van der Waals surface area contributed by atoms with Crippen LogP contribution in [0.2, 0.25) is 0 Å². The Bertz CT molecular complexity index is 495. The topological polar surface area (TPSA) is 78.9 Å². The SMILES string of the molecule is CC1CCC(CN)(C(=O)Nc2sccc2C#N)CC1. The summed E-state index contributed by atoms with van der Waals surface area (Å²) >= 11 is 1.38. The van der Waals surface area contributed by atoms with E-state index in [4.69, 9.17) is 11.0 Å². The average molecular weight is 277 g/mol. The molecule has 2 rings (SSSR count). The predicted octanol–water partition coefficient (Wildman–Crippen LogP) is 2.71. The van der Waals surface area contributed by atoms with Crippen LogP contribution >= 0.6 is 11.3 Å². The molecule has 0 unspecified atom stereocenters. The van der Waals surface area contributed by atoms with E-state index in [1.165, 1.54) is 11.3 Å². The monoisotopic (exact) mass is 277 g/mol. The molecule has 0 spiro atoms. The van der Waals surface area contributed by atoms with Gasteiger partial charge in [-0.05, 0) is 43.0 Å². The lowest BCUT2D eigenvalue weighted by atomic mass is 9.70. The van der Waals surface area contributed by atoms with E-state index >= 15 is 0 Å². The summed E-state index contributed by atoms with van der Waals surface area (Å²) in [4.78, 5) is 12.5. The number of hydrogen-bond donors (Lipinski definition) is 2. The van der Waals surface area contributed by atoms with Gasteiger partial charge in [0.05, 0.1) is 11.0 Å². The maximum atomic E-state index is 12.5. The van der Waals surface area contributed by atoms with Crippen molar-refractivity contribution in [2.75, 3.05) is 11.9 Å². The van der Waals surface area contributed by atoms with Gasteiger partial charge < -0.3 is 11.1 Å². The highest BCUT2D eigenvalue weighted by molar-refractivity contribution is 7.14. The first-order valence-electron chi connectivity index (χ1n) is 6.60. The Hall–Kier alpha value is -1.38. The molecule has 5 heteroatoms. The van der Waals surface area contributed by atoms with E-state index < -0.39 is 5.41 Å². The highest BCUT2D eigenvalue weighted by Crippen LogP contribution is 2.39. The van der Waals surface area contributed by atoms with Crippen molar-refractivity contribution in [1.29, 1.82) is 5.26 Å². The lowest BCUT2D eigenvalue weighted by Gasteiger charge is -2.36. The lowest BCUT2D eigenvalue weighted by Crippen LogP contribution is -2.44. The Balaban J connectivity index is 2.12. The molecule has 1 aliphatic rings. The molecule has 19 heavy (non-hydrogen) atoms. The van der Waals surface area contributed by atoms with Crippen LogP contribution in [0.15, 0.2) is 11.4 Å². The van der Waals surface area contributed by atoms with Crippen molar-refractivity contribution in [3.63, 3.8) is 0 Å². The van der Waals surface area contributed by atoms with E-state index in [9.17, 15) is 4.79 Å². The maximum Gasteiger partial charge on any atom is 0.232 e. The molecule has 1 aromatic rings. The number of nitrogens with two attached hydrogens (primary N) is 1. The molecule has 0 saturated heterocycles. The molecule has 1 fully saturated rings. The normalized spacial score (nSPS) is 26.7. The smallest absolute Gasteiger partial charge is 0.232 e. The minimum atomic E-state index is -0.455. The van der Waals surface area contributed by atoms with Crippen LogP contribution < -0.4 is 11.1 Å². The molecule has 1 amide bonds. The molecule has 0 radical (unpaired) electrons. The molecule has 102 valence electrons. The predicted molar refractivity (Wildman–Crippen MR) is 76.8 cm³/mol. The number of carbonyl (C=O) groups excluding carboxylic acids is 1. The second-order valence-electron chi connectivity index (χ2n) is 5.40. The first kappa shape index (κ1) is 14.0. The van der Waals surface area contributed by atoms with Gasteiger partial charge in [-0.2, -0.15) is 5.26 Å². The molecule has 1 aliphatic carbocycles. The van der Waals surface area contributed by atoms with Gasteiger partial charge in [0.15, 0.2) is 0 Å². The zero-order chi connectivity index (χ0) is 13.9. The number of nitriles is 1. The van der Waals surface area contributed by atoms with Crippen LogP contribution in [0.25, 0.3) is 0 Å². The van der Waals surface area contributed by atoms with Crippen molar-refractivity contribution in [2.24, 2.45) is 17.1 Å². The van der Waals surface area contributed by atoms with Crippen molar-refractivity contribution < 1.29 is 4.79 Å². The van der Waals surface area contributed by atoms with E-state index in [-0.39, 0.29) is 5.91 Å². The summed E-state index contributed by atoms with van der Waals surface area (Å²) in [5.41, 5.74) is 5.93. The summed E-state index contributed by atoms with van der Waals surface area (Å²) in [5, 5.41) is 14.3. The third-order valence-electron chi connectivity index (χ3n) is 4.12. The highest BCUT2D eigenvalue weighted by Gasteiger charge is 2.40. The Labute approximate surface area is 117 Å². The van der Waals surface area contributed by atoms with Gasteiger partial charge in [-0.15, -0.1) is 11.3 Å². The molecular weight excluding hydrogens is 258 g/mol. The summed E-state index contributed by atoms with van der Waals surface area (Å²) in [6.07, 6.45) is 3.76. The first-order chi connectivity index (χ1) is 9.11. The largest absolute Gasteiger partial charge is 0.329 e. The Kier molecular flexibility index (Phi) is 4.23. The van der Waals surface area contributed by atoms with Gasteiger partial charge >= 0.3 is 0 Å². The summed E-state index contributed by atoms with van der Waals surface area (Å²) in [6, 6.07) is 3.81. The summed E-state index contributed by atoms with van der Waals surface area (Å²) < 4.78 is 0. The van der Waals surface area contributed by atoms with E-state index in [2.05, 4.69) is 18.3 Å². The number of nitrogens with one attached hydrogen (secondary N) is 1. The van der Waals surface area contributed by atoms with Gasteiger partial charge in [-0.3, -0.25) is 4.79 Å². The van der Waals surface area contributed by atoms with Crippen molar-refractivity contribution in [2.45, 2.75) is 32.6 Å². The minimum absolute atomic E-state index is 0.0270. The maximum absolute atomic E-state index is 12.5.